The topological polar surface area (TPSA) is 110 Å². The molecule has 0 spiro atoms. The maximum atomic E-state index is 11.6. The number of amides is 1. The molecule has 1 unspecified atom stereocenters. The van der Waals surface area contributed by atoms with Crippen molar-refractivity contribution in [1.29, 1.82) is 0 Å². The van der Waals surface area contributed by atoms with Crippen molar-refractivity contribution in [2.45, 2.75) is 32.1 Å². The number of carbonyl (C=O) groups is 2. The molecule has 9 heteroatoms. The molecule has 1 N–H and O–H groups in total. The molecular formula is C9H11NO7S. The Kier molecular flexibility index (Phi) is 3.13. The molecule has 0 aromatic rings. The fourth-order valence-corrected chi connectivity index (χ4v) is 2.31. The van der Waals surface area contributed by atoms with Crippen molar-refractivity contribution in [3.63, 3.8) is 0 Å². The number of ether oxygens (including phenoxy) is 1. The van der Waals surface area contributed by atoms with Gasteiger partial charge in [-0.25, -0.2) is 8.98 Å². The van der Waals surface area contributed by atoms with E-state index in [0.717, 1.165) is 6.92 Å². The first-order valence-electron chi connectivity index (χ1n) is 5.17. The van der Waals surface area contributed by atoms with Crippen LogP contribution in [0.1, 0.15) is 19.8 Å². The van der Waals surface area contributed by atoms with Crippen molar-refractivity contribution < 1.29 is 31.5 Å². The Morgan fingerprint density at radius 3 is 2.83 bits per heavy atom. The van der Waals surface area contributed by atoms with Gasteiger partial charge in [0, 0.05) is 12.5 Å². The number of rotatable bonds is 4. The molecule has 2 atom stereocenters. The van der Waals surface area contributed by atoms with Crippen molar-refractivity contribution in [3.05, 3.63) is 11.8 Å². The normalized spacial score (nSPS) is 24.1. The summed E-state index contributed by atoms with van der Waals surface area (Å²) in [6, 6.07) is -0.00199. The standard InChI is InChI=1S/C9H11NO7S/c1-5(17-18(13,14)15)16-9(12)7-3-2-6-4-8(11)10(6)7/h3,5-6H,2,4H2,1H3,(H,13,14,15)/t5-,6?/m0/s1. The summed E-state index contributed by atoms with van der Waals surface area (Å²) < 4.78 is 37.8. The highest BCUT2D eigenvalue weighted by Gasteiger charge is 2.44. The zero-order valence-corrected chi connectivity index (χ0v) is 10.2. The van der Waals surface area contributed by atoms with Gasteiger partial charge in [0.05, 0.1) is 0 Å². The zero-order valence-electron chi connectivity index (χ0n) is 9.40. The fourth-order valence-electron chi connectivity index (χ4n) is 1.93. The van der Waals surface area contributed by atoms with Gasteiger partial charge in [0.1, 0.15) is 5.70 Å². The first kappa shape index (κ1) is 13.0. The van der Waals surface area contributed by atoms with Crippen molar-refractivity contribution in [2.75, 3.05) is 0 Å². The first-order valence-corrected chi connectivity index (χ1v) is 6.53. The van der Waals surface area contributed by atoms with Crippen LogP contribution in [0.4, 0.5) is 0 Å². The third kappa shape index (κ3) is 2.52. The van der Waals surface area contributed by atoms with Crippen LogP contribution in [0.5, 0.6) is 0 Å². The smallest absolute Gasteiger partial charge is 0.400 e. The van der Waals surface area contributed by atoms with Gasteiger partial charge < -0.3 is 9.64 Å². The number of carbonyl (C=O) groups excluding carboxylic acids is 2. The van der Waals surface area contributed by atoms with Crippen LogP contribution in [-0.4, -0.2) is 42.1 Å². The van der Waals surface area contributed by atoms with Gasteiger partial charge >= 0.3 is 16.4 Å². The van der Waals surface area contributed by atoms with Gasteiger partial charge in [-0.2, -0.15) is 8.42 Å². The van der Waals surface area contributed by atoms with E-state index in [1.807, 2.05) is 0 Å². The quantitative estimate of drug-likeness (QED) is 0.321. The predicted octanol–water partition coefficient (Wildman–Crippen LogP) is -0.416. The number of nitrogens with zero attached hydrogens (tertiary/aromatic N) is 1. The Bertz CT molecular complexity index is 523. The summed E-state index contributed by atoms with van der Waals surface area (Å²) in [5.74, 6) is -1.04. The molecule has 1 saturated heterocycles. The zero-order chi connectivity index (χ0) is 13.5. The van der Waals surface area contributed by atoms with E-state index in [-0.39, 0.29) is 17.6 Å². The van der Waals surface area contributed by atoms with Gasteiger partial charge in [0.2, 0.25) is 12.2 Å². The minimum Gasteiger partial charge on any atom is -0.430 e. The van der Waals surface area contributed by atoms with Gasteiger partial charge in [-0.1, -0.05) is 6.08 Å². The average molecular weight is 277 g/mol. The third-order valence-electron chi connectivity index (χ3n) is 2.63. The van der Waals surface area contributed by atoms with Crippen LogP contribution < -0.4 is 0 Å². The third-order valence-corrected chi connectivity index (χ3v) is 3.14. The predicted molar refractivity (Wildman–Crippen MR) is 56.1 cm³/mol. The lowest BCUT2D eigenvalue weighted by atomic mass is 10.0. The summed E-state index contributed by atoms with van der Waals surface area (Å²) in [6.07, 6.45) is 1.05. The molecule has 0 aromatic carbocycles. The summed E-state index contributed by atoms with van der Waals surface area (Å²) in [5, 5.41) is 0. The summed E-state index contributed by atoms with van der Waals surface area (Å²) in [6.45, 7) is 1.14. The summed E-state index contributed by atoms with van der Waals surface area (Å²) in [5.41, 5.74) is 0.0852. The molecule has 18 heavy (non-hydrogen) atoms. The minimum atomic E-state index is -4.69. The van der Waals surface area contributed by atoms with Crippen molar-refractivity contribution in [2.24, 2.45) is 0 Å². The van der Waals surface area contributed by atoms with Gasteiger partial charge in [-0.3, -0.25) is 9.35 Å². The van der Waals surface area contributed by atoms with E-state index in [9.17, 15) is 18.0 Å². The van der Waals surface area contributed by atoms with E-state index in [4.69, 9.17) is 4.55 Å². The molecule has 2 heterocycles. The molecule has 2 aliphatic heterocycles. The Morgan fingerprint density at radius 1 is 1.61 bits per heavy atom. The van der Waals surface area contributed by atoms with Crippen molar-refractivity contribution >= 4 is 22.3 Å². The summed E-state index contributed by atoms with van der Waals surface area (Å²) >= 11 is 0. The molecule has 1 fully saturated rings. The highest BCUT2D eigenvalue weighted by molar-refractivity contribution is 7.80. The molecule has 1 amide bonds. The SMILES string of the molecule is C[C@@H](OC(=O)C1=CCC2CC(=O)N12)OS(=O)(=O)O. The second-order valence-electron chi connectivity index (χ2n) is 3.94. The van der Waals surface area contributed by atoms with Crippen LogP contribution in [0.25, 0.3) is 0 Å². The van der Waals surface area contributed by atoms with Crippen molar-refractivity contribution in [1.82, 2.24) is 4.90 Å². The summed E-state index contributed by atoms with van der Waals surface area (Å²) in [4.78, 5) is 24.2. The molecule has 0 aliphatic carbocycles. The maximum absolute atomic E-state index is 11.6. The van der Waals surface area contributed by atoms with E-state index in [1.165, 1.54) is 4.90 Å². The molecule has 2 aliphatic rings. The van der Waals surface area contributed by atoms with E-state index >= 15 is 0 Å². The number of fused-ring (bicyclic) bond motifs is 1. The van der Waals surface area contributed by atoms with Crippen molar-refractivity contribution in [3.8, 4) is 0 Å². The second-order valence-corrected chi connectivity index (χ2v) is 4.99. The lowest BCUT2D eigenvalue weighted by molar-refractivity contribution is -0.162. The molecule has 100 valence electrons. The van der Waals surface area contributed by atoms with E-state index in [0.29, 0.717) is 12.8 Å². The Balaban J connectivity index is 1.95. The van der Waals surface area contributed by atoms with Gasteiger partial charge in [-0.05, 0) is 13.3 Å². The molecule has 8 nitrogen and oxygen atoms in total. The molecule has 0 aromatic heterocycles. The molecule has 0 bridgehead atoms. The molecular weight excluding hydrogens is 266 g/mol. The average Bonchev–Trinajstić information content (AvgIpc) is 2.51. The highest BCUT2D eigenvalue weighted by atomic mass is 32.3. The number of esters is 1. The van der Waals surface area contributed by atoms with E-state index in [2.05, 4.69) is 8.92 Å². The van der Waals surface area contributed by atoms with Crippen LogP contribution in [0.2, 0.25) is 0 Å². The molecule has 2 rings (SSSR count). The summed E-state index contributed by atoms with van der Waals surface area (Å²) in [7, 11) is -4.69. The maximum Gasteiger partial charge on any atom is 0.400 e. The van der Waals surface area contributed by atoms with E-state index < -0.39 is 22.7 Å². The lowest BCUT2D eigenvalue weighted by Gasteiger charge is -2.35. The molecule has 0 radical (unpaired) electrons. The number of β-lactam (4-membered cyclic amide) rings is 1. The van der Waals surface area contributed by atoms with Crippen LogP contribution in [0.15, 0.2) is 11.8 Å². The molecule has 0 saturated carbocycles. The Morgan fingerprint density at radius 2 is 2.28 bits per heavy atom. The second kappa shape index (κ2) is 4.34. The number of hydrogen-bond donors (Lipinski definition) is 1. The fraction of sp³-hybridized carbons (Fsp3) is 0.556. The lowest BCUT2D eigenvalue weighted by Crippen LogP contribution is -2.50. The van der Waals surface area contributed by atoms with Crippen LogP contribution in [0, 0.1) is 0 Å². The highest BCUT2D eigenvalue weighted by Crippen LogP contribution is 2.34. The van der Waals surface area contributed by atoms with Crippen LogP contribution in [-0.2, 0) is 28.9 Å². The Hall–Kier alpha value is -1.45. The minimum absolute atomic E-state index is 0.00199. The van der Waals surface area contributed by atoms with Crippen LogP contribution in [0.3, 0.4) is 0 Å². The number of hydrogen-bond acceptors (Lipinski definition) is 6. The van der Waals surface area contributed by atoms with Crippen LogP contribution >= 0.6 is 0 Å². The Labute approximate surface area is 103 Å². The van der Waals surface area contributed by atoms with E-state index in [1.54, 1.807) is 6.08 Å². The largest absolute Gasteiger partial charge is 0.430 e. The van der Waals surface area contributed by atoms with Gasteiger partial charge in [0.15, 0.2) is 0 Å². The first-order chi connectivity index (χ1) is 8.28. The monoisotopic (exact) mass is 277 g/mol. The van der Waals surface area contributed by atoms with Gasteiger partial charge in [-0.15, -0.1) is 0 Å². The van der Waals surface area contributed by atoms with Gasteiger partial charge in [0.25, 0.3) is 0 Å².